The Bertz CT molecular complexity index is 966. The van der Waals surface area contributed by atoms with Crippen molar-refractivity contribution in [3.63, 3.8) is 0 Å². The summed E-state index contributed by atoms with van der Waals surface area (Å²) in [4.78, 5) is 0.184. The van der Waals surface area contributed by atoms with Crippen LogP contribution in [0.3, 0.4) is 0 Å². The Balaban J connectivity index is 1.70. The SMILES string of the molecule is CC(CNS(=O)(=O)c1ccc(S(=O)(=O)N2CCCC2)cc1)c1ccccc1. The van der Waals surface area contributed by atoms with Gasteiger partial charge in [0.1, 0.15) is 0 Å². The molecule has 0 spiro atoms. The predicted molar refractivity (Wildman–Crippen MR) is 104 cm³/mol. The van der Waals surface area contributed by atoms with E-state index in [1.807, 2.05) is 37.3 Å². The Labute approximate surface area is 161 Å². The quantitative estimate of drug-likeness (QED) is 0.763. The van der Waals surface area contributed by atoms with Gasteiger partial charge in [-0.2, -0.15) is 4.31 Å². The van der Waals surface area contributed by atoms with Crippen LogP contribution < -0.4 is 4.72 Å². The summed E-state index contributed by atoms with van der Waals surface area (Å²) < 4.78 is 54.1. The highest BCUT2D eigenvalue weighted by atomic mass is 32.2. The smallest absolute Gasteiger partial charge is 0.211 e. The summed E-state index contributed by atoms with van der Waals surface area (Å²) in [6, 6.07) is 15.1. The first kappa shape index (κ1) is 20.0. The van der Waals surface area contributed by atoms with Crippen LogP contribution in [-0.2, 0) is 20.0 Å². The normalized spacial score (nSPS) is 17.1. The molecule has 0 bridgehead atoms. The van der Waals surface area contributed by atoms with Gasteiger partial charge in [-0.15, -0.1) is 0 Å². The summed E-state index contributed by atoms with van der Waals surface area (Å²) >= 11 is 0. The number of hydrogen-bond acceptors (Lipinski definition) is 4. The van der Waals surface area contributed by atoms with Crippen molar-refractivity contribution < 1.29 is 16.8 Å². The average Bonchev–Trinajstić information content (AvgIpc) is 3.23. The summed E-state index contributed by atoms with van der Waals surface area (Å²) in [7, 11) is -7.25. The lowest BCUT2D eigenvalue weighted by atomic mass is 10.0. The first-order valence-corrected chi connectivity index (χ1v) is 11.9. The molecule has 0 amide bonds. The Morgan fingerprint density at radius 2 is 1.44 bits per heavy atom. The summed E-state index contributed by atoms with van der Waals surface area (Å²) in [6.07, 6.45) is 1.71. The lowest BCUT2D eigenvalue weighted by Crippen LogP contribution is -2.29. The highest BCUT2D eigenvalue weighted by Crippen LogP contribution is 2.22. The highest BCUT2D eigenvalue weighted by molar-refractivity contribution is 7.89. The summed E-state index contributed by atoms with van der Waals surface area (Å²) in [5.74, 6) is 0.0239. The van der Waals surface area contributed by atoms with Crippen molar-refractivity contribution in [2.75, 3.05) is 19.6 Å². The second-order valence-electron chi connectivity index (χ2n) is 6.75. The van der Waals surface area contributed by atoms with Gasteiger partial charge in [-0.05, 0) is 48.6 Å². The second-order valence-corrected chi connectivity index (χ2v) is 10.5. The molecule has 6 nitrogen and oxygen atoms in total. The highest BCUT2D eigenvalue weighted by Gasteiger charge is 2.27. The summed E-state index contributed by atoms with van der Waals surface area (Å²) in [5.41, 5.74) is 1.05. The molecule has 1 heterocycles. The van der Waals surface area contributed by atoms with E-state index < -0.39 is 20.0 Å². The molecule has 27 heavy (non-hydrogen) atoms. The van der Waals surface area contributed by atoms with Gasteiger partial charge >= 0.3 is 0 Å². The molecule has 1 saturated heterocycles. The van der Waals surface area contributed by atoms with Gasteiger partial charge in [0.15, 0.2) is 0 Å². The molecule has 1 unspecified atom stereocenters. The molecule has 0 radical (unpaired) electrons. The van der Waals surface area contributed by atoms with Gasteiger partial charge < -0.3 is 0 Å². The van der Waals surface area contributed by atoms with E-state index in [1.165, 1.54) is 28.6 Å². The van der Waals surface area contributed by atoms with Crippen molar-refractivity contribution in [2.45, 2.75) is 35.5 Å². The van der Waals surface area contributed by atoms with Crippen LogP contribution in [0, 0.1) is 0 Å². The van der Waals surface area contributed by atoms with Crippen molar-refractivity contribution in [2.24, 2.45) is 0 Å². The van der Waals surface area contributed by atoms with Crippen molar-refractivity contribution in [3.8, 4) is 0 Å². The van der Waals surface area contributed by atoms with E-state index in [2.05, 4.69) is 4.72 Å². The third-order valence-corrected chi connectivity index (χ3v) is 8.14. The lowest BCUT2D eigenvalue weighted by molar-refractivity contribution is 0.477. The molecule has 8 heteroatoms. The van der Waals surface area contributed by atoms with Gasteiger partial charge in [-0.1, -0.05) is 37.3 Å². The lowest BCUT2D eigenvalue weighted by Gasteiger charge is -2.16. The van der Waals surface area contributed by atoms with Crippen LogP contribution in [0.15, 0.2) is 64.4 Å². The van der Waals surface area contributed by atoms with Gasteiger partial charge in [0.05, 0.1) is 9.79 Å². The van der Waals surface area contributed by atoms with Crippen LogP contribution in [0.25, 0.3) is 0 Å². The fourth-order valence-electron chi connectivity index (χ4n) is 3.09. The maximum atomic E-state index is 12.5. The van der Waals surface area contributed by atoms with Crippen molar-refractivity contribution >= 4 is 20.0 Å². The van der Waals surface area contributed by atoms with E-state index in [1.54, 1.807) is 0 Å². The average molecular weight is 409 g/mol. The number of rotatable bonds is 7. The summed E-state index contributed by atoms with van der Waals surface area (Å²) in [6.45, 7) is 3.24. The third-order valence-electron chi connectivity index (χ3n) is 4.78. The zero-order valence-electron chi connectivity index (χ0n) is 15.2. The molecule has 2 aromatic rings. The maximum absolute atomic E-state index is 12.5. The zero-order chi connectivity index (χ0) is 19.5. The molecule has 1 atom stereocenters. The van der Waals surface area contributed by atoms with Gasteiger partial charge in [0.2, 0.25) is 20.0 Å². The first-order chi connectivity index (χ1) is 12.8. The Hall–Kier alpha value is -1.74. The number of nitrogens with one attached hydrogen (secondary N) is 1. The van der Waals surface area contributed by atoms with Gasteiger partial charge in [-0.3, -0.25) is 0 Å². The minimum atomic E-state index is -3.70. The van der Waals surface area contributed by atoms with Crippen LogP contribution in [-0.4, -0.2) is 40.8 Å². The van der Waals surface area contributed by atoms with E-state index in [0.717, 1.165) is 18.4 Å². The molecule has 0 aliphatic carbocycles. The second kappa shape index (κ2) is 8.10. The van der Waals surface area contributed by atoms with E-state index in [9.17, 15) is 16.8 Å². The molecule has 1 N–H and O–H groups in total. The largest absolute Gasteiger partial charge is 0.243 e. The molecule has 146 valence electrons. The third kappa shape index (κ3) is 4.57. The molecule has 2 aromatic carbocycles. The molecule has 3 rings (SSSR count). The zero-order valence-corrected chi connectivity index (χ0v) is 16.8. The van der Waals surface area contributed by atoms with Crippen molar-refractivity contribution in [1.82, 2.24) is 9.03 Å². The van der Waals surface area contributed by atoms with E-state index in [4.69, 9.17) is 0 Å². The molecular weight excluding hydrogens is 384 g/mol. The minimum Gasteiger partial charge on any atom is -0.211 e. The molecule has 1 fully saturated rings. The minimum absolute atomic E-state index is 0.0239. The number of hydrogen-bond donors (Lipinski definition) is 1. The van der Waals surface area contributed by atoms with Crippen LogP contribution in [0.1, 0.15) is 31.2 Å². The topological polar surface area (TPSA) is 83.5 Å². The Morgan fingerprint density at radius 1 is 0.889 bits per heavy atom. The fraction of sp³-hybridized carbons (Fsp3) is 0.368. The van der Waals surface area contributed by atoms with Gasteiger partial charge in [0, 0.05) is 19.6 Å². The van der Waals surface area contributed by atoms with E-state index in [0.29, 0.717) is 13.1 Å². The monoisotopic (exact) mass is 408 g/mol. The van der Waals surface area contributed by atoms with Crippen LogP contribution in [0.2, 0.25) is 0 Å². The van der Waals surface area contributed by atoms with Crippen LogP contribution >= 0.6 is 0 Å². The van der Waals surface area contributed by atoms with Crippen LogP contribution in [0.5, 0.6) is 0 Å². The number of benzene rings is 2. The molecule has 1 aliphatic rings. The fourth-order valence-corrected chi connectivity index (χ4v) is 5.73. The molecule has 0 aromatic heterocycles. The first-order valence-electron chi connectivity index (χ1n) is 8.95. The number of nitrogens with zero attached hydrogens (tertiary/aromatic N) is 1. The van der Waals surface area contributed by atoms with Crippen molar-refractivity contribution in [3.05, 3.63) is 60.2 Å². The predicted octanol–water partition coefficient (Wildman–Crippen LogP) is 2.55. The van der Waals surface area contributed by atoms with E-state index >= 15 is 0 Å². The molecular formula is C19H24N2O4S2. The van der Waals surface area contributed by atoms with Gasteiger partial charge in [0.25, 0.3) is 0 Å². The molecule has 1 aliphatic heterocycles. The molecule has 0 saturated carbocycles. The van der Waals surface area contributed by atoms with Gasteiger partial charge in [-0.25, -0.2) is 21.6 Å². The maximum Gasteiger partial charge on any atom is 0.243 e. The summed E-state index contributed by atoms with van der Waals surface area (Å²) in [5, 5.41) is 0. The van der Waals surface area contributed by atoms with Crippen LogP contribution in [0.4, 0.5) is 0 Å². The number of sulfonamides is 2. The Morgan fingerprint density at radius 3 is 2.04 bits per heavy atom. The standard InChI is InChI=1S/C19H24N2O4S2/c1-16(17-7-3-2-4-8-17)15-20-26(22,23)18-9-11-19(12-10-18)27(24,25)21-13-5-6-14-21/h2-4,7-12,16,20H,5-6,13-15H2,1H3. The van der Waals surface area contributed by atoms with E-state index in [-0.39, 0.29) is 22.3 Å². The van der Waals surface area contributed by atoms with Crippen molar-refractivity contribution in [1.29, 1.82) is 0 Å². The Kier molecular flexibility index (Phi) is 6.00.